The first-order chi connectivity index (χ1) is 20.6. The van der Waals surface area contributed by atoms with E-state index in [1.165, 1.54) is 17.8 Å². The minimum absolute atomic E-state index is 0.0508. The molecule has 0 bridgehead atoms. The van der Waals surface area contributed by atoms with Gasteiger partial charge >= 0.3 is 12.1 Å². The van der Waals surface area contributed by atoms with Crippen molar-refractivity contribution >= 4 is 44.0 Å². The number of carbonyl (C=O) groups excluding carboxylic acids is 2. The predicted octanol–water partition coefficient (Wildman–Crippen LogP) is 5.92. The van der Waals surface area contributed by atoms with Gasteiger partial charge < -0.3 is 19.1 Å². The van der Waals surface area contributed by atoms with E-state index in [9.17, 15) is 18.0 Å². The highest BCUT2D eigenvalue weighted by molar-refractivity contribution is 7.93. The number of hydrogen-bond donors (Lipinski definition) is 0. The third-order valence-corrected chi connectivity index (χ3v) is 9.06. The number of rotatable bonds is 8. The van der Waals surface area contributed by atoms with Crippen LogP contribution < -0.4 is 9.04 Å². The molecule has 0 N–H and O–H groups in total. The van der Waals surface area contributed by atoms with E-state index in [1.54, 1.807) is 63.1 Å². The Bertz CT molecular complexity index is 1620. The minimum atomic E-state index is -4.21. The van der Waals surface area contributed by atoms with E-state index in [0.717, 1.165) is 21.2 Å². The van der Waals surface area contributed by atoms with Crippen LogP contribution >= 0.6 is 11.3 Å². The molecule has 1 aliphatic heterocycles. The van der Waals surface area contributed by atoms with Crippen molar-refractivity contribution in [3.8, 4) is 5.75 Å². The molecule has 0 aliphatic carbocycles. The molecule has 0 fully saturated rings. The molecule has 0 atom stereocenters. The number of ether oxygens (including phenoxy) is 3. The van der Waals surface area contributed by atoms with Crippen molar-refractivity contribution in [2.24, 2.45) is 0 Å². The van der Waals surface area contributed by atoms with E-state index in [4.69, 9.17) is 14.2 Å². The highest BCUT2D eigenvalue weighted by atomic mass is 32.2. The lowest BCUT2D eigenvalue weighted by atomic mass is 10.0. The number of carbonyl (C=O) groups is 2. The summed E-state index contributed by atoms with van der Waals surface area (Å²) in [6.07, 6.45) is 3.36. The Morgan fingerprint density at radius 3 is 2.20 bits per heavy atom. The van der Waals surface area contributed by atoms with Crippen molar-refractivity contribution in [3.63, 3.8) is 0 Å². The van der Waals surface area contributed by atoms with Gasteiger partial charge in [-0.3, -0.25) is 9.29 Å². The maximum Gasteiger partial charge on any atom is 0.410 e. The van der Waals surface area contributed by atoms with Gasteiger partial charge in [-0.15, -0.1) is 11.3 Å². The summed E-state index contributed by atoms with van der Waals surface area (Å²) in [4.78, 5) is 35.7. The number of hydrogen-bond acceptors (Lipinski definition) is 10. The molecule has 1 aliphatic rings. The van der Waals surface area contributed by atoms with E-state index in [2.05, 4.69) is 9.97 Å². The second kappa shape index (κ2) is 12.9. The van der Waals surface area contributed by atoms with E-state index in [0.29, 0.717) is 36.5 Å². The Morgan fingerprint density at radius 2 is 1.66 bits per heavy atom. The Morgan fingerprint density at radius 1 is 0.977 bits per heavy atom. The van der Waals surface area contributed by atoms with Crippen LogP contribution in [0.25, 0.3) is 5.57 Å². The Kier molecular flexibility index (Phi) is 9.69. The molecule has 3 aromatic rings. The number of pyridine rings is 1. The maximum atomic E-state index is 14.2. The first kappa shape index (κ1) is 32.9. The van der Waals surface area contributed by atoms with Gasteiger partial charge in [0.05, 0.1) is 24.9 Å². The lowest BCUT2D eigenvalue weighted by molar-refractivity contribution is 0.00640. The van der Waals surface area contributed by atoms with Gasteiger partial charge in [-0.25, -0.2) is 23.0 Å². The fourth-order valence-corrected chi connectivity index (χ4v) is 6.71. The number of aromatic nitrogens is 2. The third-order valence-electron chi connectivity index (χ3n) is 6.37. The SMILES string of the molecule is COc1ccc(CN(c2scnc2C(=O)OC(C)(C)C)S(=O)(=O)c2ccc(C3=CCN(C(=O)OC(C)(C)C)CC3)nc2)cc1. The molecule has 0 saturated heterocycles. The molecule has 13 heteroatoms. The fourth-order valence-electron chi connectivity index (χ4n) is 4.29. The van der Waals surface area contributed by atoms with Crippen molar-refractivity contribution in [3.05, 3.63) is 71.1 Å². The van der Waals surface area contributed by atoms with E-state index >= 15 is 0 Å². The van der Waals surface area contributed by atoms with Crippen LogP contribution in [0, 0.1) is 0 Å². The van der Waals surface area contributed by atoms with Gasteiger partial charge in [-0.05, 0) is 83.4 Å². The van der Waals surface area contributed by atoms with Gasteiger partial charge in [0.15, 0.2) is 5.69 Å². The summed E-state index contributed by atoms with van der Waals surface area (Å²) in [5.41, 5.74) is 2.13. The highest BCUT2D eigenvalue weighted by Crippen LogP contribution is 2.34. The fraction of sp³-hybridized carbons (Fsp3) is 0.419. The Labute approximate surface area is 262 Å². The molecule has 0 radical (unpaired) electrons. The quantitative estimate of drug-likeness (QED) is 0.275. The summed E-state index contributed by atoms with van der Waals surface area (Å²) in [7, 11) is -2.66. The summed E-state index contributed by atoms with van der Waals surface area (Å²) in [6.45, 7) is 11.4. The number of nitrogens with zero attached hydrogens (tertiary/aromatic N) is 4. The maximum absolute atomic E-state index is 14.2. The van der Waals surface area contributed by atoms with Crippen LogP contribution in [0.15, 0.2) is 59.1 Å². The summed E-state index contributed by atoms with van der Waals surface area (Å²) in [5, 5.41) is 0.136. The monoisotopic (exact) mass is 642 g/mol. The molecule has 0 unspecified atom stereocenters. The summed E-state index contributed by atoms with van der Waals surface area (Å²) < 4.78 is 45.7. The van der Waals surface area contributed by atoms with Crippen LogP contribution in [0.4, 0.5) is 9.80 Å². The molecule has 4 rings (SSSR count). The van der Waals surface area contributed by atoms with Gasteiger partial charge in [0.1, 0.15) is 26.8 Å². The lowest BCUT2D eigenvalue weighted by Crippen LogP contribution is -2.39. The van der Waals surface area contributed by atoms with Gasteiger partial charge in [0, 0.05) is 19.3 Å². The summed E-state index contributed by atoms with van der Waals surface area (Å²) in [5.74, 6) is -0.0942. The van der Waals surface area contributed by atoms with Crippen molar-refractivity contribution < 1.29 is 32.2 Å². The Hall–Kier alpha value is -3.97. The minimum Gasteiger partial charge on any atom is -0.497 e. The van der Waals surface area contributed by atoms with Crippen LogP contribution in [0.3, 0.4) is 0 Å². The van der Waals surface area contributed by atoms with E-state index < -0.39 is 27.2 Å². The molecule has 1 aromatic carbocycles. The zero-order valence-corrected chi connectivity index (χ0v) is 27.6. The van der Waals surface area contributed by atoms with Crippen LogP contribution in [0.2, 0.25) is 0 Å². The standard InChI is InChI=1S/C31H38N4O7S2/c1-30(2,3)41-28(36)26-27(43-20-33-26)35(19-21-8-10-23(40-7)11-9-21)44(38,39)24-12-13-25(32-18-24)22-14-16-34(17-15-22)29(37)42-31(4,5)6/h8-14,18,20H,15-17,19H2,1-7H3. The highest BCUT2D eigenvalue weighted by Gasteiger charge is 2.33. The zero-order chi connectivity index (χ0) is 32.3. The van der Waals surface area contributed by atoms with Gasteiger partial charge in [-0.2, -0.15) is 0 Å². The zero-order valence-electron chi connectivity index (χ0n) is 26.0. The first-order valence-electron chi connectivity index (χ1n) is 14.0. The number of amides is 1. The molecule has 11 nitrogen and oxygen atoms in total. The predicted molar refractivity (Wildman–Crippen MR) is 168 cm³/mol. The molecule has 1 amide bonds. The second-order valence-corrected chi connectivity index (χ2v) is 14.8. The van der Waals surface area contributed by atoms with Crippen molar-refractivity contribution in [2.45, 2.75) is 70.6 Å². The molecule has 236 valence electrons. The van der Waals surface area contributed by atoms with Gasteiger partial charge in [0.25, 0.3) is 10.0 Å². The van der Waals surface area contributed by atoms with E-state index in [-0.39, 0.29) is 28.2 Å². The number of esters is 1. The number of benzene rings is 1. The van der Waals surface area contributed by atoms with Crippen LogP contribution in [-0.2, 0) is 26.0 Å². The van der Waals surface area contributed by atoms with Gasteiger partial charge in [-0.1, -0.05) is 18.2 Å². The molecule has 44 heavy (non-hydrogen) atoms. The number of thiazole rings is 1. The lowest BCUT2D eigenvalue weighted by Gasteiger charge is -2.29. The van der Waals surface area contributed by atoms with Crippen molar-refractivity contribution in [2.75, 3.05) is 24.5 Å². The molecule has 0 spiro atoms. The molecule has 3 heterocycles. The Balaban J connectivity index is 1.63. The second-order valence-electron chi connectivity index (χ2n) is 12.2. The smallest absolute Gasteiger partial charge is 0.410 e. The average molecular weight is 643 g/mol. The normalized spacial score (nSPS) is 14.1. The van der Waals surface area contributed by atoms with Gasteiger partial charge in [0.2, 0.25) is 0 Å². The number of methoxy groups -OCH3 is 1. The van der Waals surface area contributed by atoms with E-state index in [1.807, 2.05) is 26.8 Å². The third kappa shape index (κ3) is 8.14. The van der Waals surface area contributed by atoms with Crippen LogP contribution in [0.1, 0.15) is 69.7 Å². The largest absolute Gasteiger partial charge is 0.497 e. The van der Waals surface area contributed by atoms with Crippen molar-refractivity contribution in [1.29, 1.82) is 0 Å². The summed E-state index contributed by atoms with van der Waals surface area (Å²) in [6, 6.07) is 10.1. The number of anilines is 1. The average Bonchev–Trinajstić information content (AvgIpc) is 3.44. The number of sulfonamides is 1. The first-order valence-corrected chi connectivity index (χ1v) is 16.4. The molecular weight excluding hydrogens is 604 g/mol. The summed E-state index contributed by atoms with van der Waals surface area (Å²) >= 11 is 1.03. The topological polar surface area (TPSA) is 128 Å². The molecule has 2 aromatic heterocycles. The molecule has 0 saturated carbocycles. The van der Waals surface area contributed by atoms with Crippen molar-refractivity contribution in [1.82, 2.24) is 14.9 Å². The van der Waals surface area contributed by atoms with Crippen LogP contribution in [-0.4, -0.2) is 66.7 Å². The van der Waals surface area contributed by atoms with Crippen LogP contribution in [0.5, 0.6) is 5.75 Å². The molecular formula is C31H38N4O7S2.